The van der Waals surface area contributed by atoms with E-state index in [2.05, 4.69) is 0 Å². The number of hydrogen-bond acceptors (Lipinski definition) is 2. The van der Waals surface area contributed by atoms with Crippen molar-refractivity contribution in [2.75, 3.05) is 0 Å². The van der Waals surface area contributed by atoms with Crippen molar-refractivity contribution in [2.24, 2.45) is 0 Å². The summed E-state index contributed by atoms with van der Waals surface area (Å²) in [4.78, 5) is 10.0. The van der Waals surface area contributed by atoms with Crippen LogP contribution < -0.4 is 5.46 Å². The summed E-state index contributed by atoms with van der Waals surface area (Å²) in [6.45, 7) is 1.71. The van der Waals surface area contributed by atoms with Crippen molar-refractivity contribution in [2.45, 2.75) is 6.92 Å². The fourth-order valence-corrected chi connectivity index (χ4v) is 0.578. The molecule has 2 nitrogen and oxygen atoms in total. The molecule has 1 rings (SSSR count). The van der Waals surface area contributed by atoms with Crippen LogP contribution in [0.2, 0.25) is 0 Å². The zero-order chi connectivity index (χ0) is 6.85. The maximum Gasteiger partial charge on any atom is 0.185 e. The van der Waals surface area contributed by atoms with Crippen LogP contribution in [0.5, 0.6) is 0 Å². The second-order valence-corrected chi connectivity index (χ2v) is 1.78. The van der Waals surface area contributed by atoms with Gasteiger partial charge in [0.25, 0.3) is 0 Å². The minimum Gasteiger partial charge on any atom is -0.459 e. The van der Waals surface area contributed by atoms with Gasteiger partial charge in [0.05, 0.1) is 5.76 Å². The number of carbonyl (C=O) groups excluding carboxylic acids is 1. The predicted molar refractivity (Wildman–Crippen MR) is 34.2 cm³/mol. The highest BCUT2D eigenvalue weighted by Gasteiger charge is 1.98. The van der Waals surface area contributed by atoms with E-state index in [-0.39, 0.29) is 5.76 Å². The summed E-state index contributed by atoms with van der Waals surface area (Å²) in [5, 5.41) is 0. The third-order valence-electron chi connectivity index (χ3n) is 1.09. The van der Waals surface area contributed by atoms with E-state index in [1.807, 2.05) is 0 Å². The zero-order valence-electron chi connectivity index (χ0n) is 5.05. The first kappa shape index (κ1) is 6.14. The van der Waals surface area contributed by atoms with Gasteiger partial charge in [-0.15, -0.1) is 0 Å². The van der Waals surface area contributed by atoms with Crippen molar-refractivity contribution < 1.29 is 9.21 Å². The van der Waals surface area contributed by atoms with E-state index >= 15 is 0 Å². The second-order valence-electron chi connectivity index (χ2n) is 1.78. The lowest BCUT2D eigenvalue weighted by molar-refractivity contribution is 0.109. The maximum atomic E-state index is 10.0. The van der Waals surface area contributed by atoms with E-state index < -0.39 is 0 Å². The van der Waals surface area contributed by atoms with E-state index in [1.165, 1.54) is 6.07 Å². The molecule has 0 atom stereocenters. The SMILES string of the molecule is [B]c1cc(C=O)oc1C. The molecule has 1 heterocycles. The first-order valence-corrected chi connectivity index (χ1v) is 2.55. The number of aldehydes is 1. The third kappa shape index (κ3) is 1.04. The molecule has 0 saturated carbocycles. The lowest BCUT2D eigenvalue weighted by atomic mass is 9.97. The smallest absolute Gasteiger partial charge is 0.185 e. The van der Waals surface area contributed by atoms with Gasteiger partial charge >= 0.3 is 0 Å². The van der Waals surface area contributed by atoms with Crippen LogP contribution >= 0.6 is 0 Å². The summed E-state index contributed by atoms with van der Waals surface area (Å²) in [5.74, 6) is 0.877. The third-order valence-corrected chi connectivity index (χ3v) is 1.09. The van der Waals surface area contributed by atoms with E-state index in [1.54, 1.807) is 6.92 Å². The molecular formula is C6H5BO2. The fraction of sp³-hybridized carbons (Fsp3) is 0.167. The fourth-order valence-electron chi connectivity index (χ4n) is 0.578. The molecule has 44 valence electrons. The zero-order valence-corrected chi connectivity index (χ0v) is 5.05. The van der Waals surface area contributed by atoms with Crippen LogP contribution in [0, 0.1) is 6.92 Å². The number of hydrogen-bond donors (Lipinski definition) is 0. The Hall–Kier alpha value is -0.985. The van der Waals surface area contributed by atoms with Gasteiger partial charge in [0.2, 0.25) is 0 Å². The van der Waals surface area contributed by atoms with E-state index in [4.69, 9.17) is 12.3 Å². The lowest BCUT2D eigenvalue weighted by Gasteiger charge is -1.80. The molecule has 0 N–H and O–H groups in total. The van der Waals surface area contributed by atoms with Gasteiger partial charge in [-0.2, -0.15) is 0 Å². The number of furan rings is 1. The Morgan fingerprint density at radius 2 is 2.44 bits per heavy atom. The van der Waals surface area contributed by atoms with E-state index in [9.17, 15) is 4.79 Å². The van der Waals surface area contributed by atoms with Crippen molar-refractivity contribution in [1.82, 2.24) is 0 Å². The average Bonchev–Trinajstić information content (AvgIpc) is 2.13. The molecule has 1 aromatic heterocycles. The summed E-state index contributed by atoms with van der Waals surface area (Å²) in [5.41, 5.74) is 0.525. The van der Waals surface area contributed by atoms with Gasteiger partial charge in [-0.05, 0) is 13.0 Å². The van der Waals surface area contributed by atoms with Crippen molar-refractivity contribution in [3.63, 3.8) is 0 Å². The van der Waals surface area contributed by atoms with Crippen molar-refractivity contribution in [3.8, 4) is 0 Å². The monoisotopic (exact) mass is 120 g/mol. The largest absolute Gasteiger partial charge is 0.459 e. The molecule has 0 unspecified atom stereocenters. The number of aryl methyl sites for hydroxylation is 1. The maximum absolute atomic E-state index is 10.0. The van der Waals surface area contributed by atoms with E-state index in [0.29, 0.717) is 17.5 Å². The summed E-state index contributed by atoms with van der Waals surface area (Å²) in [7, 11) is 5.36. The molecule has 0 amide bonds. The average molecular weight is 120 g/mol. The van der Waals surface area contributed by atoms with Crippen LogP contribution in [-0.2, 0) is 0 Å². The molecule has 0 aliphatic rings. The van der Waals surface area contributed by atoms with E-state index in [0.717, 1.165) is 0 Å². The highest BCUT2D eigenvalue weighted by Crippen LogP contribution is 1.98. The molecule has 0 aliphatic heterocycles. The Kier molecular flexibility index (Phi) is 1.43. The topological polar surface area (TPSA) is 30.2 Å². The molecule has 9 heavy (non-hydrogen) atoms. The summed E-state index contributed by atoms with van der Waals surface area (Å²) in [6.07, 6.45) is 0.628. The highest BCUT2D eigenvalue weighted by atomic mass is 16.3. The van der Waals surface area contributed by atoms with Gasteiger partial charge in [-0.1, -0.05) is 5.46 Å². The molecule has 0 fully saturated rings. The van der Waals surface area contributed by atoms with Gasteiger partial charge in [-0.3, -0.25) is 4.79 Å². The normalized spacial score (nSPS) is 9.44. The first-order valence-electron chi connectivity index (χ1n) is 2.55. The van der Waals surface area contributed by atoms with Crippen molar-refractivity contribution >= 4 is 19.6 Å². The molecule has 2 radical (unpaired) electrons. The Morgan fingerprint density at radius 1 is 1.78 bits per heavy atom. The Bertz CT molecular complexity index is 207. The minimum absolute atomic E-state index is 0.282. The second kappa shape index (κ2) is 2.09. The number of carbonyl (C=O) groups is 1. The molecular weight excluding hydrogens is 115 g/mol. The van der Waals surface area contributed by atoms with Crippen LogP contribution in [0.25, 0.3) is 0 Å². The molecule has 0 aliphatic carbocycles. The van der Waals surface area contributed by atoms with Crippen LogP contribution in [-0.4, -0.2) is 14.1 Å². The Labute approximate surface area is 54.3 Å². The van der Waals surface area contributed by atoms with Gasteiger partial charge in [-0.25, -0.2) is 0 Å². The van der Waals surface area contributed by atoms with Gasteiger partial charge in [0.1, 0.15) is 7.85 Å². The molecule has 0 spiro atoms. The standard InChI is InChI=1S/C6H5BO2/c1-4-6(7)2-5(3-8)9-4/h2-3H,1H3. The summed E-state index contributed by atoms with van der Waals surface area (Å²) < 4.78 is 4.87. The molecule has 1 aromatic rings. The van der Waals surface area contributed by atoms with Gasteiger partial charge in [0.15, 0.2) is 12.0 Å². The predicted octanol–water partition coefficient (Wildman–Crippen LogP) is 0.194. The Balaban J connectivity index is 3.11. The molecule has 0 bridgehead atoms. The molecule has 0 saturated heterocycles. The van der Waals surface area contributed by atoms with Crippen molar-refractivity contribution in [3.05, 3.63) is 17.6 Å². The molecule has 0 aromatic carbocycles. The summed E-state index contributed by atoms with van der Waals surface area (Å²) in [6, 6.07) is 1.50. The van der Waals surface area contributed by atoms with Gasteiger partial charge < -0.3 is 4.42 Å². The van der Waals surface area contributed by atoms with Crippen molar-refractivity contribution in [1.29, 1.82) is 0 Å². The minimum atomic E-state index is 0.282. The van der Waals surface area contributed by atoms with Crippen LogP contribution in [0.15, 0.2) is 10.5 Å². The number of rotatable bonds is 1. The quantitative estimate of drug-likeness (QED) is 0.391. The lowest BCUT2D eigenvalue weighted by Crippen LogP contribution is -1.99. The van der Waals surface area contributed by atoms with Crippen LogP contribution in [0.1, 0.15) is 16.3 Å². The highest BCUT2D eigenvalue weighted by molar-refractivity contribution is 6.33. The summed E-state index contributed by atoms with van der Waals surface area (Å²) >= 11 is 0. The first-order chi connectivity index (χ1) is 4.24. The Morgan fingerprint density at radius 3 is 2.67 bits per heavy atom. The van der Waals surface area contributed by atoms with Crippen LogP contribution in [0.4, 0.5) is 0 Å². The van der Waals surface area contributed by atoms with Gasteiger partial charge in [0, 0.05) is 0 Å². The van der Waals surface area contributed by atoms with Crippen LogP contribution in [0.3, 0.4) is 0 Å². The molecule has 3 heteroatoms.